The summed E-state index contributed by atoms with van der Waals surface area (Å²) in [6.45, 7) is 5.77. The fraction of sp³-hybridized carbons (Fsp3) is 0.400. The highest BCUT2D eigenvalue weighted by Crippen LogP contribution is 2.21. The molecule has 0 bridgehead atoms. The van der Waals surface area contributed by atoms with Gasteiger partial charge in [-0.25, -0.2) is 0 Å². The molecule has 102 valence electrons. The molecular weight excluding hydrogens is 238 g/mol. The van der Waals surface area contributed by atoms with Crippen molar-refractivity contribution in [3.8, 4) is 5.75 Å². The minimum absolute atomic E-state index is 0.737. The Morgan fingerprint density at radius 2 is 2.05 bits per heavy atom. The number of nitrogens with zero attached hydrogens (tertiary/aromatic N) is 2. The predicted octanol–water partition coefficient (Wildman–Crippen LogP) is 2.28. The molecule has 0 unspecified atom stereocenters. The standard InChI is InChI=1S/C15H21N3O/c1-11-5-6-15(19-4)13(7-11)10-18-12(2)14(8-16-3)9-17-18/h5-7,9,16H,8,10H2,1-4H3. The Kier molecular flexibility index (Phi) is 4.22. The smallest absolute Gasteiger partial charge is 0.123 e. The number of ether oxygens (including phenoxy) is 1. The third-order valence-corrected chi connectivity index (χ3v) is 3.33. The summed E-state index contributed by atoms with van der Waals surface area (Å²) in [6.07, 6.45) is 1.92. The number of methoxy groups -OCH3 is 1. The lowest BCUT2D eigenvalue weighted by Crippen LogP contribution is -2.08. The van der Waals surface area contributed by atoms with Crippen molar-refractivity contribution in [3.63, 3.8) is 0 Å². The molecule has 0 aliphatic rings. The van der Waals surface area contributed by atoms with Gasteiger partial charge in [-0.3, -0.25) is 4.68 Å². The van der Waals surface area contributed by atoms with Crippen molar-refractivity contribution in [2.75, 3.05) is 14.2 Å². The van der Waals surface area contributed by atoms with Gasteiger partial charge in [0.05, 0.1) is 19.9 Å². The Balaban J connectivity index is 2.28. The maximum atomic E-state index is 5.41. The van der Waals surface area contributed by atoms with Crippen LogP contribution >= 0.6 is 0 Å². The molecule has 0 saturated carbocycles. The van der Waals surface area contributed by atoms with E-state index >= 15 is 0 Å². The summed E-state index contributed by atoms with van der Waals surface area (Å²) in [5, 5.41) is 7.61. The summed E-state index contributed by atoms with van der Waals surface area (Å²) in [5.41, 5.74) is 4.81. The third kappa shape index (κ3) is 2.96. The molecule has 4 heteroatoms. The SMILES string of the molecule is CNCc1cnn(Cc2cc(C)ccc2OC)c1C. The molecule has 0 aliphatic carbocycles. The van der Waals surface area contributed by atoms with Gasteiger partial charge in [-0.15, -0.1) is 0 Å². The molecule has 0 atom stereocenters. The van der Waals surface area contributed by atoms with Gasteiger partial charge in [-0.05, 0) is 27.0 Å². The first-order chi connectivity index (χ1) is 9.15. The van der Waals surface area contributed by atoms with Crippen molar-refractivity contribution in [1.29, 1.82) is 0 Å². The van der Waals surface area contributed by atoms with Crippen LogP contribution in [0.5, 0.6) is 5.75 Å². The van der Waals surface area contributed by atoms with E-state index in [-0.39, 0.29) is 0 Å². The molecule has 0 radical (unpaired) electrons. The summed E-state index contributed by atoms with van der Waals surface area (Å²) in [7, 11) is 3.65. The summed E-state index contributed by atoms with van der Waals surface area (Å²) < 4.78 is 7.43. The lowest BCUT2D eigenvalue weighted by molar-refractivity contribution is 0.407. The quantitative estimate of drug-likeness (QED) is 0.895. The average molecular weight is 259 g/mol. The second kappa shape index (κ2) is 5.89. The first kappa shape index (κ1) is 13.6. The molecule has 2 rings (SSSR count). The van der Waals surface area contributed by atoms with Gasteiger partial charge >= 0.3 is 0 Å². The average Bonchev–Trinajstić information content (AvgIpc) is 2.73. The molecule has 0 saturated heterocycles. The Morgan fingerprint density at radius 1 is 1.26 bits per heavy atom. The van der Waals surface area contributed by atoms with E-state index in [1.165, 1.54) is 16.8 Å². The zero-order chi connectivity index (χ0) is 13.8. The molecule has 4 nitrogen and oxygen atoms in total. The Hall–Kier alpha value is -1.81. The molecule has 1 aromatic carbocycles. The largest absolute Gasteiger partial charge is 0.496 e. The number of rotatable bonds is 5. The fourth-order valence-corrected chi connectivity index (χ4v) is 2.20. The number of hydrogen-bond acceptors (Lipinski definition) is 3. The summed E-state index contributed by atoms with van der Waals surface area (Å²) >= 11 is 0. The van der Waals surface area contributed by atoms with E-state index in [9.17, 15) is 0 Å². The van der Waals surface area contributed by atoms with Crippen LogP contribution in [0, 0.1) is 13.8 Å². The highest BCUT2D eigenvalue weighted by molar-refractivity contribution is 5.37. The van der Waals surface area contributed by atoms with Crippen LogP contribution in [-0.4, -0.2) is 23.9 Å². The fourth-order valence-electron chi connectivity index (χ4n) is 2.20. The number of aromatic nitrogens is 2. The summed E-state index contributed by atoms with van der Waals surface area (Å²) in [5.74, 6) is 0.913. The molecule has 1 N–H and O–H groups in total. The topological polar surface area (TPSA) is 39.1 Å². The molecule has 0 amide bonds. The minimum atomic E-state index is 0.737. The van der Waals surface area contributed by atoms with Crippen LogP contribution < -0.4 is 10.1 Å². The number of nitrogens with one attached hydrogen (secondary N) is 1. The zero-order valence-corrected chi connectivity index (χ0v) is 12.0. The maximum absolute atomic E-state index is 5.41. The summed E-state index contributed by atoms with van der Waals surface area (Å²) in [4.78, 5) is 0. The van der Waals surface area contributed by atoms with E-state index < -0.39 is 0 Å². The Labute approximate surface area is 114 Å². The van der Waals surface area contributed by atoms with E-state index in [1.807, 2.05) is 24.0 Å². The van der Waals surface area contributed by atoms with E-state index in [1.54, 1.807) is 7.11 Å². The second-order valence-electron chi connectivity index (χ2n) is 4.76. The minimum Gasteiger partial charge on any atom is -0.496 e. The van der Waals surface area contributed by atoms with Crippen molar-refractivity contribution in [2.24, 2.45) is 0 Å². The van der Waals surface area contributed by atoms with Crippen molar-refractivity contribution in [2.45, 2.75) is 26.9 Å². The molecule has 0 aliphatic heterocycles. The summed E-state index contributed by atoms with van der Waals surface area (Å²) in [6, 6.07) is 6.22. The van der Waals surface area contributed by atoms with Gasteiger partial charge in [0, 0.05) is 23.4 Å². The van der Waals surface area contributed by atoms with Crippen molar-refractivity contribution < 1.29 is 4.74 Å². The molecule has 1 aromatic heterocycles. The van der Waals surface area contributed by atoms with Crippen LogP contribution in [-0.2, 0) is 13.1 Å². The van der Waals surface area contributed by atoms with Crippen LogP contribution in [0.3, 0.4) is 0 Å². The lowest BCUT2D eigenvalue weighted by Gasteiger charge is -2.11. The van der Waals surface area contributed by atoms with E-state index in [2.05, 4.69) is 36.4 Å². The van der Waals surface area contributed by atoms with Gasteiger partial charge in [0.25, 0.3) is 0 Å². The Bertz CT molecular complexity index is 561. The highest BCUT2D eigenvalue weighted by Gasteiger charge is 2.09. The highest BCUT2D eigenvalue weighted by atomic mass is 16.5. The van der Waals surface area contributed by atoms with Gasteiger partial charge in [0.15, 0.2) is 0 Å². The van der Waals surface area contributed by atoms with Crippen molar-refractivity contribution in [1.82, 2.24) is 15.1 Å². The van der Waals surface area contributed by atoms with Gasteiger partial charge in [-0.2, -0.15) is 5.10 Å². The molecule has 1 heterocycles. The number of hydrogen-bond donors (Lipinski definition) is 1. The Morgan fingerprint density at radius 3 is 2.74 bits per heavy atom. The van der Waals surface area contributed by atoms with Crippen LogP contribution in [0.15, 0.2) is 24.4 Å². The molecular formula is C15H21N3O. The molecule has 19 heavy (non-hydrogen) atoms. The molecule has 0 spiro atoms. The third-order valence-electron chi connectivity index (χ3n) is 3.33. The van der Waals surface area contributed by atoms with Gasteiger partial charge < -0.3 is 10.1 Å². The molecule has 0 fully saturated rings. The lowest BCUT2D eigenvalue weighted by atomic mass is 10.1. The van der Waals surface area contributed by atoms with Gasteiger partial charge in [0.1, 0.15) is 5.75 Å². The van der Waals surface area contributed by atoms with E-state index in [0.717, 1.165) is 24.4 Å². The second-order valence-corrected chi connectivity index (χ2v) is 4.76. The number of benzene rings is 1. The monoisotopic (exact) mass is 259 g/mol. The normalized spacial score (nSPS) is 10.7. The zero-order valence-electron chi connectivity index (χ0n) is 12.0. The maximum Gasteiger partial charge on any atom is 0.123 e. The van der Waals surface area contributed by atoms with E-state index in [0.29, 0.717) is 0 Å². The number of aryl methyl sites for hydroxylation is 1. The first-order valence-electron chi connectivity index (χ1n) is 6.45. The van der Waals surface area contributed by atoms with Gasteiger partial charge in [-0.1, -0.05) is 17.7 Å². The van der Waals surface area contributed by atoms with Crippen LogP contribution in [0.2, 0.25) is 0 Å². The van der Waals surface area contributed by atoms with Crippen molar-refractivity contribution >= 4 is 0 Å². The first-order valence-corrected chi connectivity index (χ1v) is 6.45. The predicted molar refractivity (Wildman–Crippen MR) is 76.6 cm³/mol. The molecule has 2 aromatic rings. The van der Waals surface area contributed by atoms with Gasteiger partial charge in [0.2, 0.25) is 0 Å². The van der Waals surface area contributed by atoms with Crippen molar-refractivity contribution in [3.05, 3.63) is 46.8 Å². The van der Waals surface area contributed by atoms with Crippen LogP contribution in [0.4, 0.5) is 0 Å². The van der Waals surface area contributed by atoms with Crippen LogP contribution in [0.25, 0.3) is 0 Å². The van der Waals surface area contributed by atoms with E-state index in [4.69, 9.17) is 4.74 Å². The van der Waals surface area contributed by atoms with Crippen LogP contribution in [0.1, 0.15) is 22.4 Å².